The van der Waals surface area contributed by atoms with Gasteiger partial charge >= 0.3 is 6.03 Å². The third-order valence-electron chi connectivity index (χ3n) is 3.70. The Bertz CT molecular complexity index is 749. The van der Waals surface area contributed by atoms with Crippen LogP contribution in [0.1, 0.15) is 6.42 Å². The van der Waals surface area contributed by atoms with Gasteiger partial charge in [0.2, 0.25) is 5.91 Å². The predicted molar refractivity (Wildman–Crippen MR) is 98.5 cm³/mol. The number of nitrogens with one attached hydrogen (secondary N) is 2. The number of benzene rings is 2. The number of halogens is 2. The van der Waals surface area contributed by atoms with E-state index in [2.05, 4.69) is 26.6 Å². The lowest BCUT2D eigenvalue weighted by molar-refractivity contribution is -0.117. The van der Waals surface area contributed by atoms with Crippen molar-refractivity contribution >= 4 is 50.8 Å². The van der Waals surface area contributed by atoms with Gasteiger partial charge < -0.3 is 15.5 Å². The molecule has 0 saturated carbocycles. The number of amides is 3. The van der Waals surface area contributed by atoms with Gasteiger partial charge in [0, 0.05) is 33.8 Å². The van der Waals surface area contributed by atoms with Crippen molar-refractivity contribution in [3.63, 3.8) is 0 Å². The van der Waals surface area contributed by atoms with E-state index in [0.29, 0.717) is 17.3 Å². The van der Waals surface area contributed by atoms with E-state index in [0.717, 1.165) is 10.2 Å². The summed E-state index contributed by atoms with van der Waals surface area (Å²) in [6.45, 7) is 0.439. The van der Waals surface area contributed by atoms with Gasteiger partial charge in [-0.1, -0.05) is 27.5 Å². The second kappa shape index (κ2) is 7.23. The minimum atomic E-state index is -0.326. The van der Waals surface area contributed by atoms with Crippen molar-refractivity contribution in [2.75, 3.05) is 16.8 Å². The largest absolute Gasteiger partial charge is 0.333 e. The van der Waals surface area contributed by atoms with Crippen LogP contribution in [0, 0.1) is 0 Å². The van der Waals surface area contributed by atoms with Gasteiger partial charge in [-0.2, -0.15) is 0 Å². The fourth-order valence-corrected chi connectivity index (χ4v) is 2.95. The zero-order valence-corrected chi connectivity index (χ0v) is 15.0. The molecule has 1 aliphatic rings. The normalized spacial score (nSPS) is 17.0. The summed E-state index contributed by atoms with van der Waals surface area (Å²) in [4.78, 5) is 25.9. The lowest BCUT2D eigenvalue weighted by atomic mass is 10.2. The van der Waals surface area contributed by atoms with Crippen LogP contribution in [0.2, 0.25) is 5.02 Å². The average molecular weight is 409 g/mol. The van der Waals surface area contributed by atoms with E-state index >= 15 is 0 Å². The molecule has 1 heterocycles. The van der Waals surface area contributed by atoms with E-state index in [-0.39, 0.29) is 24.4 Å². The molecule has 0 aliphatic carbocycles. The predicted octanol–water partition coefficient (Wildman–Crippen LogP) is 4.03. The molecule has 1 unspecified atom stereocenters. The van der Waals surface area contributed by atoms with Crippen LogP contribution in [-0.4, -0.2) is 24.5 Å². The zero-order valence-electron chi connectivity index (χ0n) is 12.6. The molecule has 5 nitrogen and oxygen atoms in total. The Labute approximate surface area is 153 Å². The maximum atomic E-state index is 12.2. The summed E-state index contributed by atoms with van der Waals surface area (Å²) < 4.78 is 0.938. The highest BCUT2D eigenvalue weighted by Crippen LogP contribution is 2.23. The molecule has 2 aromatic rings. The molecule has 0 radical (unpaired) electrons. The molecule has 0 spiro atoms. The first-order chi connectivity index (χ1) is 11.5. The topological polar surface area (TPSA) is 61.4 Å². The Kier molecular flexibility index (Phi) is 5.06. The Morgan fingerprint density at radius 1 is 1.12 bits per heavy atom. The number of rotatable bonds is 3. The van der Waals surface area contributed by atoms with Crippen LogP contribution in [0.25, 0.3) is 0 Å². The molecule has 24 heavy (non-hydrogen) atoms. The third kappa shape index (κ3) is 4.07. The van der Waals surface area contributed by atoms with Crippen molar-refractivity contribution in [1.82, 2.24) is 5.32 Å². The van der Waals surface area contributed by atoms with Crippen LogP contribution >= 0.6 is 27.5 Å². The maximum Gasteiger partial charge on any atom is 0.319 e. The van der Waals surface area contributed by atoms with Gasteiger partial charge in [0.15, 0.2) is 0 Å². The monoisotopic (exact) mass is 407 g/mol. The summed E-state index contributed by atoms with van der Waals surface area (Å²) in [6.07, 6.45) is 0.274. The minimum absolute atomic E-state index is 0.0220. The van der Waals surface area contributed by atoms with Crippen molar-refractivity contribution in [3.8, 4) is 0 Å². The zero-order chi connectivity index (χ0) is 17.1. The maximum absolute atomic E-state index is 12.2. The first-order valence-corrected chi connectivity index (χ1v) is 8.57. The highest BCUT2D eigenvalue weighted by Gasteiger charge is 2.31. The van der Waals surface area contributed by atoms with Gasteiger partial charge in [-0.3, -0.25) is 4.79 Å². The lowest BCUT2D eigenvalue weighted by Crippen LogP contribution is -2.39. The number of carbonyl (C=O) groups is 2. The van der Waals surface area contributed by atoms with Crippen molar-refractivity contribution in [1.29, 1.82) is 0 Å². The van der Waals surface area contributed by atoms with Crippen molar-refractivity contribution < 1.29 is 9.59 Å². The van der Waals surface area contributed by atoms with Crippen LogP contribution < -0.4 is 15.5 Å². The number of hydrogen-bond acceptors (Lipinski definition) is 2. The summed E-state index contributed by atoms with van der Waals surface area (Å²) in [5, 5.41) is 6.21. The molecule has 0 bridgehead atoms. The highest BCUT2D eigenvalue weighted by atomic mass is 79.9. The Balaban J connectivity index is 1.58. The molecule has 1 atom stereocenters. The number of hydrogen-bond donors (Lipinski definition) is 2. The third-order valence-corrected chi connectivity index (χ3v) is 4.48. The lowest BCUT2D eigenvalue weighted by Gasteiger charge is -2.17. The molecule has 1 fully saturated rings. The van der Waals surface area contributed by atoms with Crippen LogP contribution in [0.5, 0.6) is 0 Å². The Morgan fingerprint density at radius 2 is 1.79 bits per heavy atom. The summed E-state index contributed by atoms with van der Waals surface area (Å²) in [7, 11) is 0. The first-order valence-electron chi connectivity index (χ1n) is 7.40. The van der Waals surface area contributed by atoms with E-state index in [1.807, 2.05) is 12.1 Å². The number of urea groups is 1. The average Bonchev–Trinajstić information content (AvgIpc) is 2.90. The standard InChI is InChI=1S/C17H15BrClN3O2/c18-11-1-5-13(6-2-11)20-17(24)21-14-9-16(23)22(10-14)15-7-3-12(19)4-8-15/h1-8,14H,9-10H2,(H2,20,21,24). The molecule has 1 aliphatic heterocycles. The van der Waals surface area contributed by atoms with Gasteiger partial charge in [-0.05, 0) is 48.5 Å². The van der Waals surface area contributed by atoms with Gasteiger partial charge in [-0.25, -0.2) is 4.79 Å². The molecular weight excluding hydrogens is 394 g/mol. The summed E-state index contributed by atoms with van der Waals surface area (Å²) in [5.41, 5.74) is 1.47. The molecule has 3 amide bonds. The first kappa shape index (κ1) is 16.8. The summed E-state index contributed by atoms with van der Waals surface area (Å²) >= 11 is 9.21. The van der Waals surface area contributed by atoms with Crippen molar-refractivity contribution in [3.05, 3.63) is 58.0 Å². The van der Waals surface area contributed by atoms with E-state index in [1.54, 1.807) is 41.3 Å². The smallest absolute Gasteiger partial charge is 0.319 e. The summed E-state index contributed by atoms with van der Waals surface area (Å²) in [6, 6.07) is 13.8. The van der Waals surface area contributed by atoms with Gasteiger partial charge in [-0.15, -0.1) is 0 Å². The van der Waals surface area contributed by atoms with E-state index < -0.39 is 0 Å². The molecule has 7 heteroatoms. The van der Waals surface area contributed by atoms with Crippen LogP contribution in [0.3, 0.4) is 0 Å². The quantitative estimate of drug-likeness (QED) is 0.805. The van der Waals surface area contributed by atoms with Gasteiger partial charge in [0.25, 0.3) is 0 Å². The van der Waals surface area contributed by atoms with E-state index in [1.165, 1.54) is 0 Å². The molecule has 124 valence electrons. The number of carbonyl (C=O) groups excluding carboxylic acids is 2. The molecular formula is C17H15BrClN3O2. The Hall–Kier alpha value is -2.05. The molecule has 0 aromatic heterocycles. The van der Waals surface area contributed by atoms with Crippen LogP contribution in [0.4, 0.5) is 16.2 Å². The Morgan fingerprint density at radius 3 is 2.46 bits per heavy atom. The van der Waals surface area contributed by atoms with Crippen LogP contribution in [-0.2, 0) is 4.79 Å². The second-order valence-electron chi connectivity index (χ2n) is 5.49. The molecule has 2 aromatic carbocycles. The van der Waals surface area contributed by atoms with Gasteiger partial charge in [0.1, 0.15) is 0 Å². The molecule has 2 N–H and O–H groups in total. The fraction of sp³-hybridized carbons (Fsp3) is 0.176. The SMILES string of the molecule is O=C(Nc1ccc(Br)cc1)NC1CC(=O)N(c2ccc(Cl)cc2)C1. The minimum Gasteiger partial charge on any atom is -0.333 e. The van der Waals surface area contributed by atoms with Crippen molar-refractivity contribution in [2.24, 2.45) is 0 Å². The second-order valence-corrected chi connectivity index (χ2v) is 6.84. The number of anilines is 2. The van der Waals surface area contributed by atoms with E-state index in [4.69, 9.17) is 11.6 Å². The molecule has 1 saturated heterocycles. The summed E-state index contributed by atoms with van der Waals surface area (Å²) in [5.74, 6) is -0.0220. The van der Waals surface area contributed by atoms with Gasteiger partial charge in [0.05, 0.1) is 6.04 Å². The van der Waals surface area contributed by atoms with E-state index in [9.17, 15) is 9.59 Å². The fourth-order valence-electron chi connectivity index (χ4n) is 2.56. The molecule has 3 rings (SSSR count). The number of nitrogens with zero attached hydrogens (tertiary/aromatic N) is 1. The van der Waals surface area contributed by atoms with Crippen molar-refractivity contribution in [2.45, 2.75) is 12.5 Å². The highest BCUT2D eigenvalue weighted by molar-refractivity contribution is 9.10. The van der Waals surface area contributed by atoms with Crippen LogP contribution in [0.15, 0.2) is 53.0 Å².